The minimum Gasteiger partial charge on any atom is -0.440 e. The lowest BCUT2D eigenvalue weighted by Crippen LogP contribution is -2.25. The molecule has 28 heavy (non-hydrogen) atoms. The summed E-state index contributed by atoms with van der Waals surface area (Å²) >= 11 is 13.8. The minimum atomic E-state index is -0.582. The number of ether oxygens (including phenoxy) is 2. The first-order valence-electron chi connectivity index (χ1n) is 8.86. The van der Waals surface area contributed by atoms with Gasteiger partial charge in [0.15, 0.2) is 5.16 Å². The number of carbonyl (C=O) groups excluding carboxylic acids is 1. The van der Waals surface area contributed by atoms with Gasteiger partial charge in [-0.2, -0.15) is 4.98 Å². The number of halogens is 2. The summed E-state index contributed by atoms with van der Waals surface area (Å²) in [5.74, 6) is 0.658. The van der Waals surface area contributed by atoms with Gasteiger partial charge in [-0.05, 0) is 40.0 Å². The maximum absolute atomic E-state index is 11.9. The van der Waals surface area contributed by atoms with Gasteiger partial charge in [-0.3, -0.25) is 9.78 Å². The summed E-state index contributed by atoms with van der Waals surface area (Å²) < 4.78 is 10.9. The van der Waals surface area contributed by atoms with Gasteiger partial charge in [0.1, 0.15) is 0 Å². The maximum atomic E-state index is 11.9. The molecule has 150 valence electrons. The fraction of sp³-hybridized carbons (Fsp3) is 0.474. The van der Waals surface area contributed by atoms with Crippen LogP contribution in [0.25, 0.3) is 0 Å². The topological polar surface area (TPSA) is 74.2 Å². The number of fused-ring (bicyclic) bond motifs is 1. The molecule has 9 heteroatoms. The van der Waals surface area contributed by atoms with Gasteiger partial charge < -0.3 is 9.47 Å². The Morgan fingerprint density at radius 2 is 1.89 bits per heavy atom. The third-order valence-corrected chi connectivity index (χ3v) is 5.70. The summed E-state index contributed by atoms with van der Waals surface area (Å²) in [6, 6.07) is 0. The van der Waals surface area contributed by atoms with Crippen molar-refractivity contribution in [3.8, 4) is 5.88 Å². The zero-order chi connectivity index (χ0) is 20.3. The van der Waals surface area contributed by atoms with Crippen LogP contribution in [-0.4, -0.2) is 27.7 Å². The predicted molar refractivity (Wildman–Crippen MR) is 109 cm³/mol. The molecule has 3 rings (SSSR count). The Labute approximate surface area is 178 Å². The smallest absolute Gasteiger partial charge is 0.314 e. The lowest BCUT2D eigenvalue weighted by Gasteiger charge is -2.17. The van der Waals surface area contributed by atoms with Crippen molar-refractivity contribution in [2.24, 2.45) is 5.41 Å². The van der Waals surface area contributed by atoms with Crippen LogP contribution in [0.15, 0.2) is 17.6 Å². The number of nitrogens with zero attached hydrogens (tertiary/aromatic N) is 3. The van der Waals surface area contributed by atoms with Crippen LogP contribution in [0.5, 0.6) is 5.88 Å². The van der Waals surface area contributed by atoms with Crippen molar-refractivity contribution in [2.45, 2.75) is 50.9 Å². The summed E-state index contributed by atoms with van der Waals surface area (Å²) in [6.45, 7) is 5.21. The van der Waals surface area contributed by atoms with Crippen LogP contribution in [0.1, 0.15) is 44.0 Å². The van der Waals surface area contributed by atoms with Crippen LogP contribution in [0, 0.1) is 5.41 Å². The third-order valence-electron chi connectivity index (χ3n) is 4.17. The molecule has 0 saturated heterocycles. The van der Waals surface area contributed by atoms with Crippen LogP contribution in [0.2, 0.25) is 10.0 Å². The Morgan fingerprint density at radius 3 is 2.57 bits per heavy atom. The van der Waals surface area contributed by atoms with E-state index < -0.39 is 5.41 Å². The zero-order valence-electron chi connectivity index (χ0n) is 15.9. The van der Waals surface area contributed by atoms with Crippen molar-refractivity contribution < 1.29 is 14.3 Å². The molecule has 0 bridgehead atoms. The molecule has 0 spiro atoms. The van der Waals surface area contributed by atoms with Crippen LogP contribution in [0.4, 0.5) is 0 Å². The first-order valence-corrected chi connectivity index (χ1v) is 10.6. The second-order valence-electron chi connectivity index (χ2n) is 7.40. The normalized spacial score (nSPS) is 13.3. The molecule has 0 N–H and O–H groups in total. The highest BCUT2D eigenvalue weighted by atomic mass is 35.5. The molecule has 0 saturated carbocycles. The van der Waals surface area contributed by atoms with E-state index in [-0.39, 0.29) is 12.8 Å². The van der Waals surface area contributed by atoms with Gasteiger partial charge in [-0.25, -0.2) is 4.98 Å². The highest BCUT2D eigenvalue weighted by Gasteiger charge is 2.24. The SMILES string of the molecule is CC(C)(C)C(=O)OCOc1nc(SCc2c(Cl)cncc2Cl)nc2c1CCC2. The van der Waals surface area contributed by atoms with Gasteiger partial charge >= 0.3 is 5.97 Å². The van der Waals surface area contributed by atoms with Crippen molar-refractivity contribution in [3.63, 3.8) is 0 Å². The number of esters is 1. The molecule has 0 aliphatic heterocycles. The van der Waals surface area contributed by atoms with Gasteiger partial charge in [-0.15, -0.1) is 0 Å². The second-order valence-corrected chi connectivity index (χ2v) is 9.16. The molecule has 2 aromatic rings. The van der Waals surface area contributed by atoms with Crippen molar-refractivity contribution >= 4 is 40.9 Å². The fourth-order valence-corrected chi connectivity index (χ4v) is 4.19. The van der Waals surface area contributed by atoms with E-state index in [9.17, 15) is 4.79 Å². The Morgan fingerprint density at radius 1 is 1.18 bits per heavy atom. The molecular formula is C19H21Cl2N3O3S. The Hall–Kier alpha value is -1.57. The van der Waals surface area contributed by atoms with Crippen molar-refractivity contribution in [3.05, 3.63) is 39.3 Å². The van der Waals surface area contributed by atoms with Crippen LogP contribution >= 0.6 is 35.0 Å². The zero-order valence-corrected chi connectivity index (χ0v) is 18.2. The largest absolute Gasteiger partial charge is 0.440 e. The Bertz CT molecular complexity index is 867. The average Bonchev–Trinajstić information content (AvgIpc) is 3.09. The molecule has 2 heterocycles. The van der Waals surface area contributed by atoms with Crippen molar-refractivity contribution in [2.75, 3.05) is 6.79 Å². The molecule has 0 unspecified atom stereocenters. The molecule has 0 aromatic carbocycles. The summed E-state index contributed by atoms with van der Waals surface area (Å²) in [7, 11) is 0. The molecule has 0 fully saturated rings. The number of aryl methyl sites for hydroxylation is 1. The van der Waals surface area contributed by atoms with E-state index in [1.165, 1.54) is 11.8 Å². The molecule has 0 atom stereocenters. The van der Waals surface area contributed by atoms with E-state index in [0.29, 0.717) is 26.8 Å². The molecule has 1 aliphatic rings. The van der Waals surface area contributed by atoms with E-state index in [0.717, 1.165) is 36.1 Å². The molecule has 6 nitrogen and oxygen atoms in total. The summed E-state index contributed by atoms with van der Waals surface area (Å²) in [6.07, 6.45) is 5.85. The number of hydrogen-bond acceptors (Lipinski definition) is 7. The average molecular weight is 442 g/mol. The molecular weight excluding hydrogens is 421 g/mol. The highest BCUT2D eigenvalue weighted by molar-refractivity contribution is 7.98. The van der Waals surface area contributed by atoms with E-state index in [1.807, 2.05) is 0 Å². The van der Waals surface area contributed by atoms with E-state index in [2.05, 4.69) is 15.0 Å². The first-order chi connectivity index (χ1) is 13.3. The van der Waals surface area contributed by atoms with Crippen molar-refractivity contribution in [1.29, 1.82) is 0 Å². The van der Waals surface area contributed by atoms with Gasteiger partial charge in [0.25, 0.3) is 0 Å². The summed E-state index contributed by atoms with van der Waals surface area (Å²) in [5.41, 5.74) is 2.16. The molecule has 0 radical (unpaired) electrons. The number of pyridine rings is 1. The molecule has 1 aliphatic carbocycles. The highest BCUT2D eigenvalue weighted by Crippen LogP contribution is 2.33. The van der Waals surface area contributed by atoms with Crippen molar-refractivity contribution in [1.82, 2.24) is 15.0 Å². The van der Waals surface area contributed by atoms with Gasteiger partial charge in [0.05, 0.1) is 21.2 Å². The Kier molecular flexibility index (Phi) is 6.68. The summed E-state index contributed by atoms with van der Waals surface area (Å²) in [5, 5.41) is 1.58. The number of thioether (sulfide) groups is 1. The number of carbonyl (C=O) groups is 1. The molecule has 0 amide bonds. The predicted octanol–water partition coefficient (Wildman–Crippen LogP) is 4.89. The van der Waals surface area contributed by atoms with Gasteiger partial charge in [0.2, 0.25) is 12.7 Å². The first kappa shape index (κ1) is 21.1. The minimum absolute atomic E-state index is 0.175. The van der Waals surface area contributed by atoms with E-state index in [4.69, 9.17) is 32.7 Å². The monoisotopic (exact) mass is 441 g/mol. The quantitative estimate of drug-likeness (QED) is 0.273. The van der Waals surface area contributed by atoms with E-state index in [1.54, 1.807) is 33.2 Å². The van der Waals surface area contributed by atoms with Crippen LogP contribution < -0.4 is 4.74 Å². The second kappa shape index (κ2) is 8.84. The summed E-state index contributed by atoms with van der Waals surface area (Å²) in [4.78, 5) is 25.0. The third kappa shape index (κ3) is 5.07. The number of rotatable bonds is 6. The lowest BCUT2D eigenvalue weighted by atomic mass is 9.98. The van der Waals surface area contributed by atoms with E-state index >= 15 is 0 Å². The lowest BCUT2D eigenvalue weighted by molar-refractivity contribution is -0.159. The van der Waals surface area contributed by atoms with Gasteiger partial charge in [-0.1, -0.05) is 35.0 Å². The van der Waals surface area contributed by atoms with Crippen LogP contribution in [-0.2, 0) is 28.1 Å². The van der Waals surface area contributed by atoms with Gasteiger partial charge in [0, 0.05) is 29.3 Å². The standard InChI is InChI=1S/C19H21Cl2N3O3S/c1-19(2,3)17(25)27-10-26-16-11-5-4-6-15(11)23-18(24-16)28-9-12-13(20)7-22-8-14(12)21/h7-8H,4-6,9-10H2,1-3H3. The molecule has 2 aromatic heterocycles. The Balaban J connectivity index is 1.71. The number of aromatic nitrogens is 3. The maximum Gasteiger partial charge on any atom is 0.314 e. The fourth-order valence-electron chi connectivity index (χ4n) is 2.63. The van der Waals surface area contributed by atoms with Crippen LogP contribution in [0.3, 0.4) is 0 Å². The number of hydrogen-bond donors (Lipinski definition) is 0.